The van der Waals surface area contributed by atoms with Crippen LogP contribution < -0.4 is 0 Å². The van der Waals surface area contributed by atoms with E-state index in [2.05, 4.69) is 53.7 Å². The summed E-state index contributed by atoms with van der Waals surface area (Å²) in [5, 5.41) is 0. The van der Waals surface area contributed by atoms with Crippen molar-refractivity contribution in [3.05, 3.63) is 34.4 Å². The topological polar surface area (TPSA) is 27.7 Å². The van der Waals surface area contributed by atoms with E-state index in [0.717, 1.165) is 0 Å². The summed E-state index contributed by atoms with van der Waals surface area (Å²) in [7, 11) is 0. The quantitative estimate of drug-likeness (QED) is 0.718. The molecule has 128 valence electrons. The summed E-state index contributed by atoms with van der Waals surface area (Å²) in [6.45, 7) is 15.1. The van der Waals surface area contributed by atoms with Crippen molar-refractivity contribution in [2.45, 2.75) is 73.1 Å². The molecule has 3 unspecified atom stereocenters. The molecule has 2 aliphatic heterocycles. The molecule has 0 amide bonds. The lowest BCUT2D eigenvalue weighted by molar-refractivity contribution is -0.232. The minimum Gasteiger partial charge on any atom is -0.374 e. The van der Waals surface area contributed by atoms with Gasteiger partial charge in [-0.3, -0.25) is 0 Å². The Labute approximate surface area is 140 Å². The molecular formula is C20H30O3. The normalized spacial score (nSPS) is 33.8. The molecule has 0 aliphatic carbocycles. The van der Waals surface area contributed by atoms with Gasteiger partial charge in [0.1, 0.15) is 0 Å². The highest BCUT2D eigenvalue weighted by Crippen LogP contribution is 2.42. The number of benzene rings is 1. The lowest BCUT2D eigenvalue weighted by Gasteiger charge is -2.50. The van der Waals surface area contributed by atoms with Crippen LogP contribution in [-0.2, 0) is 27.4 Å². The number of aryl methyl sites for hydroxylation is 2. The lowest BCUT2D eigenvalue weighted by Crippen LogP contribution is -2.57. The third-order valence-corrected chi connectivity index (χ3v) is 5.92. The Bertz CT molecular complexity index is 578. The SMILES string of the molecule is Cc1cc2c(cc1C)CO[C@H]1C(C)C(C)OC(COC2)C1(C)C. The summed E-state index contributed by atoms with van der Waals surface area (Å²) in [5.74, 6) is 0.371. The number of fused-ring (bicyclic) bond motifs is 3. The molecule has 1 fully saturated rings. The van der Waals surface area contributed by atoms with Crippen LogP contribution in [0.1, 0.15) is 49.9 Å². The first-order valence-corrected chi connectivity index (χ1v) is 8.74. The molecule has 1 saturated heterocycles. The van der Waals surface area contributed by atoms with Crippen molar-refractivity contribution in [2.24, 2.45) is 11.3 Å². The Morgan fingerprint density at radius 3 is 2.26 bits per heavy atom. The third-order valence-electron chi connectivity index (χ3n) is 5.92. The molecule has 3 nitrogen and oxygen atoms in total. The second-order valence-corrected chi connectivity index (χ2v) is 7.96. The van der Waals surface area contributed by atoms with Crippen LogP contribution in [0, 0.1) is 25.2 Å². The number of rotatable bonds is 0. The van der Waals surface area contributed by atoms with Crippen LogP contribution in [0.2, 0.25) is 0 Å². The van der Waals surface area contributed by atoms with Gasteiger partial charge in [0.25, 0.3) is 0 Å². The van der Waals surface area contributed by atoms with Gasteiger partial charge in [0.15, 0.2) is 0 Å². The number of ether oxygens (including phenoxy) is 3. The number of hydrogen-bond donors (Lipinski definition) is 0. The van der Waals surface area contributed by atoms with E-state index in [1.165, 1.54) is 22.3 Å². The first kappa shape index (κ1) is 16.9. The van der Waals surface area contributed by atoms with E-state index in [9.17, 15) is 0 Å². The maximum absolute atomic E-state index is 6.47. The Morgan fingerprint density at radius 2 is 1.61 bits per heavy atom. The van der Waals surface area contributed by atoms with E-state index in [4.69, 9.17) is 14.2 Å². The number of hydrogen-bond acceptors (Lipinski definition) is 3. The van der Waals surface area contributed by atoms with E-state index in [0.29, 0.717) is 25.7 Å². The largest absolute Gasteiger partial charge is 0.374 e. The molecule has 2 bridgehead atoms. The smallest absolute Gasteiger partial charge is 0.0888 e. The summed E-state index contributed by atoms with van der Waals surface area (Å²) < 4.78 is 18.8. The standard InChI is InChI=1S/C20H30O3/c1-12-7-16-9-21-11-18-20(5,6)19(14(3)15(4)23-18)22-10-17(16)8-13(12)2/h7-8,14-15,18-19H,9-11H2,1-6H3/t14?,15?,18?,19-/m0/s1. The van der Waals surface area contributed by atoms with Crippen LogP contribution in [0.5, 0.6) is 0 Å². The molecule has 2 aliphatic rings. The van der Waals surface area contributed by atoms with Crippen molar-refractivity contribution < 1.29 is 14.2 Å². The van der Waals surface area contributed by atoms with Crippen molar-refractivity contribution >= 4 is 0 Å². The maximum Gasteiger partial charge on any atom is 0.0888 e. The summed E-state index contributed by atoms with van der Waals surface area (Å²) in [6, 6.07) is 4.50. The molecule has 0 spiro atoms. The molecule has 0 aromatic heterocycles. The summed E-state index contributed by atoms with van der Waals surface area (Å²) in [4.78, 5) is 0. The van der Waals surface area contributed by atoms with Crippen molar-refractivity contribution in [3.8, 4) is 0 Å². The summed E-state index contributed by atoms with van der Waals surface area (Å²) in [6.07, 6.45) is 0.444. The van der Waals surface area contributed by atoms with Gasteiger partial charge in [-0.25, -0.2) is 0 Å². The van der Waals surface area contributed by atoms with Crippen LogP contribution in [0.3, 0.4) is 0 Å². The van der Waals surface area contributed by atoms with Gasteiger partial charge < -0.3 is 14.2 Å². The summed E-state index contributed by atoms with van der Waals surface area (Å²) >= 11 is 0. The van der Waals surface area contributed by atoms with Crippen LogP contribution in [0.4, 0.5) is 0 Å². The molecule has 4 atom stereocenters. The maximum atomic E-state index is 6.47. The zero-order valence-electron chi connectivity index (χ0n) is 15.3. The minimum atomic E-state index is -0.0524. The van der Waals surface area contributed by atoms with Gasteiger partial charge in [-0.1, -0.05) is 32.9 Å². The van der Waals surface area contributed by atoms with Gasteiger partial charge in [-0.2, -0.15) is 0 Å². The van der Waals surface area contributed by atoms with E-state index in [1.807, 2.05) is 0 Å². The minimum absolute atomic E-state index is 0.0524. The Kier molecular flexibility index (Phi) is 4.56. The predicted molar refractivity (Wildman–Crippen MR) is 91.4 cm³/mol. The fourth-order valence-corrected chi connectivity index (χ4v) is 3.95. The van der Waals surface area contributed by atoms with Gasteiger partial charge in [0.2, 0.25) is 0 Å². The molecule has 3 rings (SSSR count). The van der Waals surface area contributed by atoms with Gasteiger partial charge in [-0.15, -0.1) is 0 Å². The molecule has 0 radical (unpaired) electrons. The average Bonchev–Trinajstić information content (AvgIpc) is 2.47. The average molecular weight is 318 g/mol. The molecule has 0 N–H and O–H groups in total. The first-order chi connectivity index (χ1) is 10.8. The lowest BCUT2D eigenvalue weighted by atomic mass is 9.71. The van der Waals surface area contributed by atoms with Crippen LogP contribution in [-0.4, -0.2) is 24.9 Å². The monoisotopic (exact) mass is 318 g/mol. The van der Waals surface area contributed by atoms with Crippen LogP contribution >= 0.6 is 0 Å². The van der Waals surface area contributed by atoms with Crippen LogP contribution in [0.25, 0.3) is 0 Å². The fourth-order valence-electron chi connectivity index (χ4n) is 3.95. The fraction of sp³-hybridized carbons (Fsp3) is 0.700. The molecule has 1 aromatic rings. The Hall–Kier alpha value is -0.900. The zero-order chi connectivity index (χ0) is 16.8. The predicted octanol–water partition coefficient (Wildman–Crippen LogP) is 4.17. The van der Waals surface area contributed by atoms with E-state index in [1.54, 1.807) is 0 Å². The van der Waals surface area contributed by atoms with E-state index < -0.39 is 0 Å². The molecular weight excluding hydrogens is 288 g/mol. The second kappa shape index (κ2) is 6.19. The van der Waals surface area contributed by atoms with Crippen molar-refractivity contribution in [1.82, 2.24) is 0 Å². The summed E-state index contributed by atoms with van der Waals surface area (Å²) in [5.41, 5.74) is 5.07. The molecule has 23 heavy (non-hydrogen) atoms. The van der Waals surface area contributed by atoms with Crippen LogP contribution in [0.15, 0.2) is 12.1 Å². The van der Waals surface area contributed by atoms with Crippen molar-refractivity contribution in [3.63, 3.8) is 0 Å². The Morgan fingerprint density at radius 1 is 1.00 bits per heavy atom. The van der Waals surface area contributed by atoms with Gasteiger partial charge >= 0.3 is 0 Å². The highest BCUT2D eigenvalue weighted by molar-refractivity contribution is 5.36. The van der Waals surface area contributed by atoms with Gasteiger partial charge in [0, 0.05) is 11.3 Å². The molecule has 1 aromatic carbocycles. The molecule has 3 heteroatoms. The van der Waals surface area contributed by atoms with Gasteiger partial charge in [0.05, 0.1) is 38.1 Å². The highest BCUT2D eigenvalue weighted by Gasteiger charge is 2.48. The van der Waals surface area contributed by atoms with Crippen molar-refractivity contribution in [1.29, 1.82) is 0 Å². The van der Waals surface area contributed by atoms with Crippen molar-refractivity contribution in [2.75, 3.05) is 6.61 Å². The second-order valence-electron chi connectivity index (χ2n) is 7.96. The van der Waals surface area contributed by atoms with Gasteiger partial charge in [-0.05, 0) is 43.0 Å². The first-order valence-electron chi connectivity index (χ1n) is 8.74. The Balaban J connectivity index is 1.95. The highest BCUT2D eigenvalue weighted by atomic mass is 16.6. The zero-order valence-corrected chi connectivity index (χ0v) is 15.3. The van der Waals surface area contributed by atoms with E-state index in [-0.39, 0.29) is 23.7 Å². The third kappa shape index (κ3) is 3.07. The molecule has 0 saturated carbocycles. The van der Waals surface area contributed by atoms with E-state index >= 15 is 0 Å². The molecule has 2 heterocycles.